The van der Waals surface area contributed by atoms with Crippen LogP contribution in [0.5, 0.6) is 0 Å². The van der Waals surface area contributed by atoms with Crippen LogP contribution >= 0.6 is 11.3 Å². The molecule has 0 atom stereocenters. The third kappa shape index (κ3) is 5.21. The SMILES string of the molecule is CCNC(=NCc1nc(C(C)C)cs1)NCCCn1nc2n(c1=O)CCCC2. The van der Waals surface area contributed by atoms with Crippen molar-refractivity contribution in [1.29, 1.82) is 0 Å². The number of nitrogens with one attached hydrogen (secondary N) is 2. The Kier molecular flexibility index (Phi) is 7.24. The smallest absolute Gasteiger partial charge is 0.345 e. The van der Waals surface area contributed by atoms with E-state index in [-0.39, 0.29) is 5.69 Å². The van der Waals surface area contributed by atoms with E-state index in [9.17, 15) is 4.79 Å². The number of thiazole rings is 1. The van der Waals surface area contributed by atoms with Gasteiger partial charge < -0.3 is 10.6 Å². The molecular weight excluding hydrogens is 374 g/mol. The molecule has 1 aliphatic heterocycles. The Hall–Kier alpha value is -2.16. The quantitative estimate of drug-likeness (QED) is 0.399. The molecule has 2 N–H and O–H groups in total. The highest BCUT2D eigenvalue weighted by Crippen LogP contribution is 2.18. The van der Waals surface area contributed by atoms with Crippen molar-refractivity contribution in [3.63, 3.8) is 0 Å². The van der Waals surface area contributed by atoms with Gasteiger partial charge in [0.15, 0.2) is 5.96 Å². The van der Waals surface area contributed by atoms with Crippen molar-refractivity contribution in [2.45, 2.75) is 72.0 Å². The molecule has 0 saturated heterocycles. The minimum absolute atomic E-state index is 0.0278. The zero-order valence-electron chi connectivity index (χ0n) is 17.1. The maximum absolute atomic E-state index is 12.4. The summed E-state index contributed by atoms with van der Waals surface area (Å²) in [5.74, 6) is 2.15. The number of nitrogens with zero attached hydrogens (tertiary/aromatic N) is 5. The molecule has 0 fully saturated rings. The van der Waals surface area contributed by atoms with Gasteiger partial charge in [-0.3, -0.25) is 4.57 Å². The Morgan fingerprint density at radius 3 is 2.93 bits per heavy atom. The fraction of sp³-hybridized carbons (Fsp3) is 0.684. The molecule has 0 amide bonds. The lowest BCUT2D eigenvalue weighted by molar-refractivity contribution is 0.509. The van der Waals surface area contributed by atoms with E-state index in [4.69, 9.17) is 0 Å². The van der Waals surface area contributed by atoms with Crippen LogP contribution < -0.4 is 16.3 Å². The predicted molar refractivity (Wildman–Crippen MR) is 113 cm³/mol. The average molecular weight is 406 g/mol. The first-order chi connectivity index (χ1) is 13.6. The lowest BCUT2D eigenvalue weighted by Crippen LogP contribution is -2.38. The largest absolute Gasteiger partial charge is 0.357 e. The van der Waals surface area contributed by atoms with Crippen molar-refractivity contribution >= 4 is 17.3 Å². The van der Waals surface area contributed by atoms with E-state index in [1.807, 2.05) is 11.5 Å². The fourth-order valence-corrected chi connectivity index (χ4v) is 4.06. The molecule has 0 aliphatic carbocycles. The van der Waals surface area contributed by atoms with Crippen LogP contribution in [0, 0.1) is 0 Å². The number of guanidine groups is 1. The molecule has 3 heterocycles. The molecule has 9 heteroatoms. The van der Waals surface area contributed by atoms with Crippen molar-refractivity contribution < 1.29 is 0 Å². The second-order valence-corrected chi connectivity index (χ2v) is 8.27. The van der Waals surface area contributed by atoms with E-state index in [1.54, 1.807) is 16.0 Å². The molecule has 0 aromatic carbocycles. The Morgan fingerprint density at radius 2 is 2.21 bits per heavy atom. The lowest BCUT2D eigenvalue weighted by atomic mass is 10.2. The van der Waals surface area contributed by atoms with Crippen molar-refractivity contribution in [3.05, 3.63) is 32.4 Å². The molecule has 8 nitrogen and oxygen atoms in total. The summed E-state index contributed by atoms with van der Waals surface area (Å²) in [4.78, 5) is 21.6. The normalized spacial score (nSPS) is 14.4. The first-order valence-electron chi connectivity index (χ1n) is 10.2. The van der Waals surface area contributed by atoms with Crippen molar-refractivity contribution in [2.75, 3.05) is 13.1 Å². The molecule has 0 spiro atoms. The van der Waals surface area contributed by atoms with E-state index >= 15 is 0 Å². The summed E-state index contributed by atoms with van der Waals surface area (Å²) in [5, 5.41) is 14.2. The van der Waals surface area contributed by atoms with Gasteiger partial charge in [0.25, 0.3) is 0 Å². The molecule has 2 aromatic heterocycles. The number of aliphatic imine (C=N–C) groups is 1. The molecule has 28 heavy (non-hydrogen) atoms. The topological polar surface area (TPSA) is 89.1 Å². The third-order valence-corrected chi connectivity index (χ3v) is 5.60. The van der Waals surface area contributed by atoms with Gasteiger partial charge in [0.2, 0.25) is 0 Å². The Labute approximate surface area is 170 Å². The molecule has 1 aliphatic rings. The standard InChI is InChI=1S/C19H31N7OS/c1-4-20-18(22-12-17-23-15(13-28-17)14(2)3)21-9-7-11-26-19(27)25-10-6-5-8-16(25)24-26/h13-14H,4-12H2,1-3H3,(H2,20,21,22). The van der Waals surface area contributed by atoms with Gasteiger partial charge in [-0.2, -0.15) is 5.10 Å². The summed E-state index contributed by atoms with van der Waals surface area (Å²) in [6, 6.07) is 0. The highest BCUT2D eigenvalue weighted by atomic mass is 32.1. The summed E-state index contributed by atoms with van der Waals surface area (Å²) in [5.41, 5.74) is 1.15. The second-order valence-electron chi connectivity index (χ2n) is 7.33. The van der Waals surface area contributed by atoms with Gasteiger partial charge >= 0.3 is 5.69 Å². The van der Waals surface area contributed by atoms with Gasteiger partial charge in [-0.1, -0.05) is 13.8 Å². The van der Waals surface area contributed by atoms with Gasteiger partial charge in [-0.25, -0.2) is 19.5 Å². The summed E-state index contributed by atoms with van der Waals surface area (Å²) >= 11 is 1.66. The maximum atomic E-state index is 12.4. The maximum Gasteiger partial charge on any atom is 0.345 e. The molecule has 0 unspecified atom stereocenters. The van der Waals surface area contributed by atoms with Crippen LogP contribution in [-0.2, 0) is 26.1 Å². The van der Waals surface area contributed by atoms with Gasteiger partial charge in [-0.05, 0) is 32.1 Å². The molecule has 3 rings (SSSR count). The Morgan fingerprint density at radius 1 is 1.36 bits per heavy atom. The monoisotopic (exact) mass is 405 g/mol. The minimum atomic E-state index is 0.0278. The Bertz CT molecular complexity index is 849. The molecule has 2 aromatic rings. The average Bonchev–Trinajstić information content (AvgIpc) is 3.29. The zero-order chi connectivity index (χ0) is 19.9. The predicted octanol–water partition coefficient (Wildman–Crippen LogP) is 2.11. The lowest BCUT2D eigenvalue weighted by Gasteiger charge is -2.10. The van der Waals surface area contributed by atoms with E-state index in [2.05, 4.69) is 44.9 Å². The van der Waals surface area contributed by atoms with Crippen molar-refractivity contribution in [1.82, 2.24) is 30.0 Å². The number of aryl methyl sites for hydroxylation is 2. The second kappa shape index (κ2) is 9.86. The Balaban J connectivity index is 1.49. The number of hydrogen-bond donors (Lipinski definition) is 2. The molecule has 0 saturated carbocycles. The summed E-state index contributed by atoms with van der Waals surface area (Å²) in [7, 11) is 0. The number of fused-ring (bicyclic) bond motifs is 1. The van der Waals surface area contributed by atoms with Crippen LogP contribution in [-0.4, -0.2) is 38.4 Å². The van der Waals surface area contributed by atoms with Gasteiger partial charge in [0, 0.05) is 38.0 Å². The first-order valence-corrected chi connectivity index (χ1v) is 11.1. The third-order valence-electron chi connectivity index (χ3n) is 4.75. The summed E-state index contributed by atoms with van der Waals surface area (Å²) < 4.78 is 3.43. The minimum Gasteiger partial charge on any atom is -0.357 e. The number of hydrogen-bond acceptors (Lipinski definition) is 5. The van der Waals surface area contributed by atoms with Crippen LogP contribution in [0.3, 0.4) is 0 Å². The summed E-state index contributed by atoms with van der Waals surface area (Å²) in [6.45, 7) is 9.87. The van der Waals surface area contributed by atoms with Crippen LogP contribution in [0.25, 0.3) is 0 Å². The van der Waals surface area contributed by atoms with Gasteiger partial charge in [-0.15, -0.1) is 11.3 Å². The van der Waals surface area contributed by atoms with Crippen molar-refractivity contribution in [3.8, 4) is 0 Å². The van der Waals surface area contributed by atoms with Crippen LogP contribution in [0.2, 0.25) is 0 Å². The highest BCUT2D eigenvalue weighted by molar-refractivity contribution is 7.09. The van der Waals surface area contributed by atoms with Crippen LogP contribution in [0.15, 0.2) is 15.2 Å². The number of rotatable bonds is 8. The van der Waals surface area contributed by atoms with E-state index in [0.717, 1.165) is 67.8 Å². The zero-order valence-corrected chi connectivity index (χ0v) is 17.9. The van der Waals surface area contributed by atoms with Gasteiger partial charge in [0.1, 0.15) is 10.8 Å². The van der Waals surface area contributed by atoms with E-state index in [1.165, 1.54) is 0 Å². The van der Waals surface area contributed by atoms with Crippen molar-refractivity contribution in [2.24, 2.45) is 4.99 Å². The van der Waals surface area contributed by atoms with Crippen LogP contribution in [0.1, 0.15) is 62.5 Å². The highest BCUT2D eigenvalue weighted by Gasteiger charge is 2.16. The van der Waals surface area contributed by atoms with Gasteiger partial charge in [0.05, 0.1) is 12.2 Å². The van der Waals surface area contributed by atoms with E-state index < -0.39 is 0 Å². The molecular formula is C19H31N7OS. The molecule has 154 valence electrons. The first kappa shape index (κ1) is 20.6. The molecule has 0 bridgehead atoms. The van der Waals surface area contributed by atoms with Crippen LogP contribution in [0.4, 0.5) is 0 Å². The van der Waals surface area contributed by atoms with E-state index in [0.29, 0.717) is 19.0 Å². The summed E-state index contributed by atoms with van der Waals surface area (Å²) in [6.07, 6.45) is 3.92. The number of aromatic nitrogens is 4. The molecule has 0 radical (unpaired) electrons. The fourth-order valence-electron chi connectivity index (χ4n) is 3.18.